The van der Waals surface area contributed by atoms with Crippen LogP contribution >= 0.6 is 0 Å². The fraction of sp³-hybridized carbons (Fsp3) is 0.417. The Morgan fingerprint density at radius 2 is 2.40 bits per heavy atom. The van der Waals surface area contributed by atoms with Crippen molar-refractivity contribution in [3.63, 3.8) is 0 Å². The molecule has 2 aliphatic heterocycles. The molecule has 3 aliphatic rings. The second kappa shape index (κ2) is 2.99. The summed E-state index contributed by atoms with van der Waals surface area (Å²) in [4.78, 5) is 12.0. The minimum absolute atomic E-state index is 0.0266. The van der Waals surface area contributed by atoms with E-state index in [0.29, 0.717) is 0 Å². The predicted molar refractivity (Wildman–Crippen MR) is 55.7 cm³/mol. The van der Waals surface area contributed by atoms with Gasteiger partial charge in [-0.15, -0.1) is 0 Å². The van der Waals surface area contributed by atoms with Crippen molar-refractivity contribution in [2.75, 3.05) is 0 Å². The summed E-state index contributed by atoms with van der Waals surface area (Å²) in [6.07, 6.45) is 12.5. The Hall–Kier alpha value is -1.51. The van der Waals surface area contributed by atoms with Gasteiger partial charge in [0, 0.05) is 5.70 Å². The first-order chi connectivity index (χ1) is 7.33. The number of hydrogen-bond acceptors (Lipinski definition) is 2. The Kier molecular flexibility index (Phi) is 1.75. The Labute approximate surface area is 88.5 Å². The fourth-order valence-electron chi connectivity index (χ4n) is 2.61. The van der Waals surface area contributed by atoms with E-state index < -0.39 is 5.60 Å². The number of carbonyl (C=O) groups is 1. The maximum atomic E-state index is 12.0. The summed E-state index contributed by atoms with van der Waals surface area (Å²) in [7, 11) is 0. The minimum atomic E-state index is -0.763. The van der Waals surface area contributed by atoms with E-state index in [1.165, 1.54) is 0 Å². The molecule has 3 nitrogen and oxygen atoms in total. The average Bonchev–Trinajstić information content (AvgIpc) is 2.55. The van der Waals surface area contributed by atoms with Crippen molar-refractivity contribution in [3.05, 3.63) is 36.3 Å². The van der Waals surface area contributed by atoms with Gasteiger partial charge in [0.25, 0.3) is 5.91 Å². The molecule has 2 heterocycles. The van der Waals surface area contributed by atoms with Crippen molar-refractivity contribution in [1.82, 2.24) is 5.32 Å². The van der Waals surface area contributed by atoms with Crippen molar-refractivity contribution < 1.29 is 9.53 Å². The average molecular weight is 203 g/mol. The molecular weight excluding hydrogens is 190 g/mol. The zero-order valence-corrected chi connectivity index (χ0v) is 8.40. The summed E-state index contributed by atoms with van der Waals surface area (Å²) in [6.45, 7) is 0. The van der Waals surface area contributed by atoms with Gasteiger partial charge in [-0.25, -0.2) is 0 Å². The molecule has 0 aromatic carbocycles. The van der Waals surface area contributed by atoms with E-state index in [4.69, 9.17) is 4.74 Å². The number of fused-ring (bicyclic) bond motifs is 2. The number of carbonyl (C=O) groups excluding carboxylic acids is 1. The molecule has 15 heavy (non-hydrogen) atoms. The fourth-order valence-corrected chi connectivity index (χ4v) is 2.61. The van der Waals surface area contributed by atoms with Gasteiger partial charge in [0.15, 0.2) is 0 Å². The third-order valence-electron chi connectivity index (χ3n) is 3.36. The van der Waals surface area contributed by atoms with Crippen LogP contribution in [0.15, 0.2) is 36.3 Å². The van der Waals surface area contributed by atoms with Gasteiger partial charge in [-0.1, -0.05) is 12.2 Å². The summed E-state index contributed by atoms with van der Waals surface area (Å²) in [5.41, 5.74) is 0.285. The molecule has 1 N–H and O–H groups in total. The van der Waals surface area contributed by atoms with Crippen molar-refractivity contribution >= 4 is 5.91 Å². The number of allylic oxidation sites excluding steroid dienone is 3. The number of rotatable bonds is 0. The normalized spacial score (nSPS) is 37.2. The van der Waals surface area contributed by atoms with E-state index >= 15 is 0 Å². The van der Waals surface area contributed by atoms with Gasteiger partial charge in [-0.2, -0.15) is 0 Å². The van der Waals surface area contributed by atoms with Gasteiger partial charge in [0.05, 0.1) is 12.2 Å². The first kappa shape index (κ1) is 8.77. The molecular formula is C12H13NO2. The maximum Gasteiger partial charge on any atom is 0.273 e. The highest BCUT2D eigenvalue weighted by Crippen LogP contribution is 2.42. The summed E-state index contributed by atoms with van der Waals surface area (Å²) in [5, 5.41) is 2.93. The van der Waals surface area contributed by atoms with E-state index in [1.807, 2.05) is 18.2 Å². The van der Waals surface area contributed by atoms with Crippen LogP contribution in [0.25, 0.3) is 0 Å². The van der Waals surface area contributed by atoms with Gasteiger partial charge >= 0.3 is 0 Å². The van der Waals surface area contributed by atoms with E-state index in [1.54, 1.807) is 6.26 Å². The van der Waals surface area contributed by atoms with Gasteiger partial charge in [0.1, 0.15) is 0 Å². The second-order valence-corrected chi connectivity index (χ2v) is 4.20. The maximum absolute atomic E-state index is 12.0. The molecule has 1 aliphatic carbocycles. The number of amides is 1. The van der Waals surface area contributed by atoms with Crippen molar-refractivity contribution in [3.8, 4) is 0 Å². The van der Waals surface area contributed by atoms with Crippen molar-refractivity contribution in [2.24, 2.45) is 5.92 Å². The highest BCUT2D eigenvalue weighted by Gasteiger charge is 2.53. The van der Waals surface area contributed by atoms with Crippen LogP contribution in [-0.2, 0) is 9.53 Å². The number of nitrogens with one attached hydrogen (secondary N) is 1. The number of hydrogen-bond donors (Lipinski definition) is 1. The van der Waals surface area contributed by atoms with Crippen LogP contribution in [0.5, 0.6) is 0 Å². The SMILES string of the molecule is O=C1NC2=CCCCC2C12C=CC=CO2. The largest absolute Gasteiger partial charge is 0.480 e. The standard InChI is InChI=1S/C12H13NO2/c14-11-12(7-3-4-8-15-12)9-5-1-2-6-10(9)13-11/h3-4,6-9H,1-2,5H2,(H,13,14). The minimum Gasteiger partial charge on any atom is -0.480 e. The summed E-state index contributed by atoms with van der Waals surface area (Å²) in [5.74, 6) is 0.154. The molecule has 1 saturated heterocycles. The van der Waals surface area contributed by atoms with Gasteiger partial charge in [0.2, 0.25) is 5.60 Å². The van der Waals surface area contributed by atoms with E-state index in [2.05, 4.69) is 11.4 Å². The van der Waals surface area contributed by atoms with E-state index in [0.717, 1.165) is 25.0 Å². The Morgan fingerprint density at radius 3 is 3.20 bits per heavy atom. The third kappa shape index (κ3) is 1.09. The van der Waals surface area contributed by atoms with E-state index in [9.17, 15) is 4.79 Å². The molecule has 3 heteroatoms. The zero-order chi connectivity index (χ0) is 10.3. The lowest BCUT2D eigenvalue weighted by molar-refractivity contribution is -0.134. The van der Waals surface area contributed by atoms with Gasteiger partial charge in [-0.3, -0.25) is 4.79 Å². The lowest BCUT2D eigenvalue weighted by Gasteiger charge is -2.31. The Morgan fingerprint density at radius 1 is 1.47 bits per heavy atom. The monoisotopic (exact) mass is 203 g/mol. The first-order valence-electron chi connectivity index (χ1n) is 5.37. The molecule has 78 valence electrons. The summed E-state index contributed by atoms with van der Waals surface area (Å²) >= 11 is 0. The molecule has 0 aromatic heterocycles. The highest BCUT2D eigenvalue weighted by atomic mass is 16.5. The number of ether oxygens (including phenoxy) is 1. The molecule has 0 radical (unpaired) electrons. The Balaban J connectivity index is 2.04. The van der Waals surface area contributed by atoms with Crippen LogP contribution in [0.1, 0.15) is 19.3 Å². The molecule has 0 bridgehead atoms. The van der Waals surface area contributed by atoms with Crippen LogP contribution < -0.4 is 5.32 Å². The van der Waals surface area contributed by atoms with Crippen LogP contribution in [-0.4, -0.2) is 11.5 Å². The van der Waals surface area contributed by atoms with Crippen LogP contribution in [0.3, 0.4) is 0 Å². The lowest BCUT2D eigenvalue weighted by Crippen LogP contribution is -2.43. The molecule has 3 rings (SSSR count). The first-order valence-corrected chi connectivity index (χ1v) is 5.37. The molecule has 1 fully saturated rings. The van der Waals surface area contributed by atoms with Crippen LogP contribution in [0.4, 0.5) is 0 Å². The Bertz CT molecular complexity index is 394. The smallest absolute Gasteiger partial charge is 0.273 e. The lowest BCUT2D eigenvalue weighted by atomic mass is 9.80. The molecule has 2 atom stereocenters. The molecule has 2 unspecified atom stereocenters. The van der Waals surface area contributed by atoms with Crippen molar-refractivity contribution in [1.29, 1.82) is 0 Å². The van der Waals surface area contributed by atoms with Gasteiger partial charge < -0.3 is 10.1 Å². The molecule has 1 spiro atoms. The molecule has 1 amide bonds. The van der Waals surface area contributed by atoms with Crippen molar-refractivity contribution in [2.45, 2.75) is 24.9 Å². The summed E-state index contributed by atoms with van der Waals surface area (Å²) in [6, 6.07) is 0. The summed E-state index contributed by atoms with van der Waals surface area (Å²) < 4.78 is 5.59. The van der Waals surface area contributed by atoms with Crippen LogP contribution in [0, 0.1) is 5.92 Å². The van der Waals surface area contributed by atoms with Gasteiger partial charge in [-0.05, 0) is 31.4 Å². The quantitative estimate of drug-likeness (QED) is 0.650. The zero-order valence-electron chi connectivity index (χ0n) is 8.40. The van der Waals surface area contributed by atoms with Crippen LogP contribution in [0.2, 0.25) is 0 Å². The second-order valence-electron chi connectivity index (χ2n) is 4.20. The highest BCUT2D eigenvalue weighted by molar-refractivity contribution is 5.93. The van der Waals surface area contributed by atoms with E-state index in [-0.39, 0.29) is 11.8 Å². The topological polar surface area (TPSA) is 38.3 Å². The molecule has 0 saturated carbocycles. The predicted octanol–water partition coefficient (Wildman–Crippen LogP) is 1.64. The third-order valence-corrected chi connectivity index (χ3v) is 3.36. The molecule has 0 aromatic rings.